The summed E-state index contributed by atoms with van der Waals surface area (Å²) in [7, 11) is -3.65. The van der Waals surface area contributed by atoms with Gasteiger partial charge in [-0.25, -0.2) is 8.42 Å². The molecular formula is C14H31N2O4PS2. The van der Waals surface area contributed by atoms with Crippen molar-refractivity contribution in [2.75, 3.05) is 24.6 Å². The highest BCUT2D eigenvalue weighted by Gasteiger charge is 2.42. The third kappa shape index (κ3) is 6.77. The van der Waals surface area contributed by atoms with E-state index in [1.807, 2.05) is 6.92 Å². The monoisotopic (exact) mass is 386 g/mol. The minimum atomic E-state index is -3.65. The Bertz CT molecular complexity index is 485. The average molecular weight is 387 g/mol. The predicted molar refractivity (Wildman–Crippen MR) is 99.1 cm³/mol. The zero-order valence-electron chi connectivity index (χ0n) is 14.7. The Morgan fingerprint density at radius 1 is 1.00 bits per heavy atom. The molecule has 0 heterocycles. The average Bonchev–Trinajstić information content (AvgIpc) is 2.51. The summed E-state index contributed by atoms with van der Waals surface area (Å²) in [5, 5.41) is 0. The van der Waals surface area contributed by atoms with Crippen LogP contribution in [0.3, 0.4) is 0 Å². The number of nitrogens with zero attached hydrogens (tertiary/aromatic N) is 2. The van der Waals surface area contributed by atoms with E-state index in [2.05, 4.69) is 6.92 Å². The van der Waals surface area contributed by atoms with Crippen LogP contribution in [0.4, 0.5) is 0 Å². The Labute approximate surface area is 145 Å². The minimum absolute atomic E-state index is 0.0345. The molecule has 1 unspecified atom stereocenters. The summed E-state index contributed by atoms with van der Waals surface area (Å²) in [6.07, 6.45) is 4.65. The van der Waals surface area contributed by atoms with Crippen molar-refractivity contribution in [3.8, 4) is 0 Å². The molecular weight excluding hydrogens is 355 g/mol. The second kappa shape index (κ2) is 11.5. The Morgan fingerprint density at radius 2 is 1.61 bits per heavy atom. The van der Waals surface area contributed by atoms with E-state index in [-0.39, 0.29) is 18.8 Å². The second-order valence-corrected chi connectivity index (χ2v) is 12.3. The van der Waals surface area contributed by atoms with Gasteiger partial charge in [0.1, 0.15) is 0 Å². The van der Waals surface area contributed by atoms with E-state index in [1.54, 1.807) is 13.8 Å². The first-order valence-electron chi connectivity index (χ1n) is 8.31. The van der Waals surface area contributed by atoms with Crippen LogP contribution in [0.2, 0.25) is 0 Å². The van der Waals surface area contributed by atoms with E-state index in [1.165, 1.54) is 0 Å². The Hall–Kier alpha value is -0.0400. The number of hydrogen-bond donors (Lipinski definition) is 0. The predicted octanol–water partition coefficient (Wildman–Crippen LogP) is 3.95. The van der Waals surface area contributed by atoms with Gasteiger partial charge < -0.3 is 0 Å². The molecule has 0 fully saturated rings. The van der Waals surface area contributed by atoms with Gasteiger partial charge in [-0.05, 0) is 19.8 Å². The van der Waals surface area contributed by atoms with Crippen LogP contribution in [-0.4, -0.2) is 48.2 Å². The van der Waals surface area contributed by atoms with Crippen molar-refractivity contribution in [1.82, 2.24) is 8.75 Å². The maximum atomic E-state index is 13.5. The van der Waals surface area contributed by atoms with Gasteiger partial charge in [-0.2, -0.15) is 0 Å². The van der Waals surface area contributed by atoms with E-state index in [0.29, 0.717) is 18.6 Å². The first-order valence-corrected chi connectivity index (χ1v) is 13.1. The fourth-order valence-corrected chi connectivity index (χ4v) is 11.1. The molecule has 0 bridgehead atoms. The molecule has 0 spiro atoms. The smallest absolute Gasteiger partial charge is 0.278 e. The number of unbranched alkanes of at least 4 members (excludes halogenated alkanes) is 3. The Morgan fingerprint density at radius 3 is 2.04 bits per heavy atom. The quantitative estimate of drug-likeness (QED) is 0.257. The minimum Gasteiger partial charge on any atom is -0.278 e. The van der Waals surface area contributed by atoms with Crippen molar-refractivity contribution in [3.05, 3.63) is 0 Å². The summed E-state index contributed by atoms with van der Waals surface area (Å²) in [5.41, 5.74) is 0. The number of amides is 1. The van der Waals surface area contributed by atoms with E-state index in [0.717, 1.165) is 45.8 Å². The third-order valence-corrected chi connectivity index (χ3v) is 12.3. The third-order valence-electron chi connectivity index (χ3n) is 3.41. The first kappa shape index (κ1) is 23.0. The molecule has 0 rings (SSSR count). The second-order valence-electron chi connectivity index (χ2n) is 5.20. The Kier molecular flexibility index (Phi) is 11.5. The van der Waals surface area contributed by atoms with Gasteiger partial charge in [0.2, 0.25) is 16.4 Å². The standard InChI is InChI=1S/C14H31N2O4PS2/c1-5-9-11-12-22-21(18,15(7-3)14-17)16(8-4)23(19,20)13-10-6-2/h14H,5-13H2,1-4H3. The van der Waals surface area contributed by atoms with Crippen molar-refractivity contribution in [3.63, 3.8) is 0 Å². The molecule has 0 aromatic heterocycles. The van der Waals surface area contributed by atoms with Crippen molar-refractivity contribution in [2.45, 2.75) is 59.8 Å². The summed E-state index contributed by atoms with van der Waals surface area (Å²) >= 11 is 1.11. The van der Waals surface area contributed by atoms with Gasteiger partial charge >= 0.3 is 6.65 Å². The van der Waals surface area contributed by atoms with Crippen LogP contribution in [0, 0.1) is 0 Å². The molecule has 138 valence electrons. The van der Waals surface area contributed by atoms with Crippen molar-refractivity contribution in [1.29, 1.82) is 0 Å². The molecule has 23 heavy (non-hydrogen) atoms. The summed E-state index contributed by atoms with van der Waals surface area (Å²) in [6, 6.07) is 0. The molecule has 0 aliphatic rings. The van der Waals surface area contributed by atoms with E-state index in [4.69, 9.17) is 0 Å². The summed E-state index contributed by atoms with van der Waals surface area (Å²) in [5.74, 6) is 0.544. The number of carbonyl (C=O) groups is 1. The van der Waals surface area contributed by atoms with Gasteiger partial charge in [0.25, 0.3) is 0 Å². The molecule has 9 heteroatoms. The molecule has 1 amide bonds. The molecule has 0 aromatic carbocycles. The lowest BCUT2D eigenvalue weighted by molar-refractivity contribution is -0.114. The van der Waals surface area contributed by atoms with Gasteiger partial charge in [-0.15, -0.1) is 4.08 Å². The van der Waals surface area contributed by atoms with Gasteiger partial charge in [0.15, 0.2) is 0 Å². The van der Waals surface area contributed by atoms with Gasteiger partial charge in [-0.3, -0.25) is 14.0 Å². The lowest BCUT2D eigenvalue weighted by Crippen LogP contribution is -2.35. The molecule has 0 aliphatic carbocycles. The van der Waals surface area contributed by atoms with Crippen LogP contribution in [-0.2, 0) is 19.4 Å². The first-order chi connectivity index (χ1) is 10.8. The topological polar surface area (TPSA) is 74.8 Å². The maximum absolute atomic E-state index is 13.5. The van der Waals surface area contributed by atoms with Crippen molar-refractivity contribution >= 4 is 34.5 Å². The van der Waals surface area contributed by atoms with Gasteiger partial charge in [0.05, 0.1) is 5.75 Å². The fraction of sp³-hybridized carbons (Fsp3) is 0.929. The molecule has 1 atom stereocenters. The summed E-state index contributed by atoms with van der Waals surface area (Å²) in [6.45, 7) is 4.17. The van der Waals surface area contributed by atoms with Gasteiger partial charge in [-0.1, -0.05) is 51.4 Å². The SMILES string of the molecule is CCCCCSP(=O)(N(C=O)CC)N(CC)S(=O)(=O)CCCC. The molecule has 0 saturated carbocycles. The van der Waals surface area contributed by atoms with Crippen LogP contribution in [0.1, 0.15) is 59.8 Å². The van der Waals surface area contributed by atoms with Crippen molar-refractivity contribution < 1.29 is 17.8 Å². The Balaban J connectivity index is 5.51. The zero-order chi connectivity index (χ0) is 17.9. The number of carbonyl (C=O) groups excluding carboxylic acids is 1. The maximum Gasteiger partial charge on any atom is 0.310 e. The number of sulfonamides is 1. The van der Waals surface area contributed by atoms with Crippen LogP contribution < -0.4 is 0 Å². The van der Waals surface area contributed by atoms with Crippen LogP contribution in [0.15, 0.2) is 0 Å². The molecule has 0 N–H and O–H groups in total. The largest absolute Gasteiger partial charge is 0.310 e. The molecule has 0 saturated heterocycles. The number of rotatable bonds is 14. The zero-order valence-corrected chi connectivity index (χ0v) is 17.3. The van der Waals surface area contributed by atoms with E-state index in [9.17, 15) is 17.8 Å². The summed E-state index contributed by atoms with van der Waals surface area (Å²) in [4.78, 5) is 11.4. The number of hydrogen-bond acceptors (Lipinski definition) is 5. The molecule has 0 radical (unpaired) electrons. The highest BCUT2D eigenvalue weighted by Crippen LogP contribution is 2.64. The van der Waals surface area contributed by atoms with Crippen LogP contribution in [0.25, 0.3) is 0 Å². The van der Waals surface area contributed by atoms with Crippen LogP contribution in [0.5, 0.6) is 0 Å². The molecule has 6 nitrogen and oxygen atoms in total. The summed E-state index contributed by atoms with van der Waals surface area (Å²) < 4.78 is 40.9. The van der Waals surface area contributed by atoms with E-state index >= 15 is 0 Å². The lowest BCUT2D eigenvalue weighted by atomic mass is 10.3. The highest BCUT2D eigenvalue weighted by molar-refractivity contribution is 8.57. The molecule has 0 aromatic rings. The highest BCUT2D eigenvalue weighted by atomic mass is 32.7. The van der Waals surface area contributed by atoms with Crippen LogP contribution >= 0.6 is 18.0 Å². The van der Waals surface area contributed by atoms with Gasteiger partial charge in [0, 0.05) is 18.8 Å². The molecule has 0 aliphatic heterocycles. The normalized spacial score (nSPS) is 14.7. The fourth-order valence-electron chi connectivity index (χ4n) is 2.08. The van der Waals surface area contributed by atoms with E-state index < -0.39 is 16.7 Å². The lowest BCUT2D eigenvalue weighted by Gasteiger charge is -2.34. The van der Waals surface area contributed by atoms with Crippen molar-refractivity contribution in [2.24, 2.45) is 0 Å².